The van der Waals surface area contributed by atoms with E-state index in [-0.39, 0.29) is 11.4 Å². The summed E-state index contributed by atoms with van der Waals surface area (Å²) in [6.07, 6.45) is 2.26. The Kier molecular flexibility index (Phi) is 3.53. The van der Waals surface area contributed by atoms with E-state index in [0.29, 0.717) is 6.04 Å². The van der Waals surface area contributed by atoms with Crippen LogP contribution >= 0.6 is 11.6 Å². The summed E-state index contributed by atoms with van der Waals surface area (Å²) < 4.78 is 5.56. The van der Waals surface area contributed by atoms with E-state index in [1.54, 1.807) is 0 Å². The first-order valence-electron chi connectivity index (χ1n) is 6.53. The highest BCUT2D eigenvalue weighted by Gasteiger charge is 2.20. The Labute approximate surface area is 117 Å². The molecular formula is C14H16ClN3O. The second kappa shape index (κ2) is 5.31. The van der Waals surface area contributed by atoms with Gasteiger partial charge in [0.1, 0.15) is 5.82 Å². The Morgan fingerprint density at radius 2 is 2.16 bits per heavy atom. The number of para-hydroxylation sites is 1. The van der Waals surface area contributed by atoms with Gasteiger partial charge in [0.05, 0.1) is 11.6 Å². The predicted molar refractivity (Wildman–Crippen MR) is 76.6 cm³/mol. The van der Waals surface area contributed by atoms with Crippen LogP contribution in [0.5, 0.6) is 0 Å². The Morgan fingerprint density at radius 1 is 1.32 bits per heavy atom. The van der Waals surface area contributed by atoms with Crippen molar-refractivity contribution in [2.45, 2.75) is 31.9 Å². The molecule has 1 N–H and O–H groups in total. The molecule has 1 aromatic carbocycles. The second-order valence-electron chi connectivity index (χ2n) is 4.91. The van der Waals surface area contributed by atoms with Crippen molar-refractivity contribution >= 4 is 28.3 Å². The van der Waals surface area contributed by atoms with Crippen molar-refractivity contribution in [2.75, 3.05) is 11.9 Å². The highest BCUT2D eigenvalue weighted by Crippen LogP contribution is 2.25. The molecule has 0 aliphatic carbocycles. The number of nitrogens with one attached hydrogen (secondary N) is 1. The second-order valence-corrected chi connectivity index (χ2v) is 5.24. The highest BCUT2D eigenvalue weighted by atomic mass is 35.5. The van der Waals surface area contributed by atoms with Crippen LogP contribution in [0.2, 0.25) is 5.28 Å². The molecule has 0 bridgehead atoms. The topological polar surface area (TPSA) is 47.0 Å². The minimum atomic E-state index is 0.279. The van der Waals surface area contributed by atoms with E-state index >= 15 is 0 Å². The van der Waals surface area contributed by atoms with E-state index in [1.807, 2.05) is 24.3 Å². The SMILES string of the molecule is CC1CC(Nc2nc(Cl)nc3ccccc23)CCO1. The molecule has 3 rings (SSSR count). The van der Waals surface area contributed by atoms with Crippen molar-refractivity contribution in [3.63, 3.8) is 0 Å². The third-order valence-corrected chi connectivity index (χ3v) is 3.57. The lowest BCUT2D eigenvalue weighted by Gasteiger charge is -2.28. The lowest BCUT2D eigenvalue weighted by molar-refractivity contribution is 0.0232. The van der Waals surface area contributed by atoms with Crippen molar-refractivity contribution in [2.24, 2.45) is 0 Å². The van der Waals surface area contributed by atoms with E-state index in [1.165, 1.54) is 0 Å². The first-order chi connectivity index (χ1) is 9.22. The molecule has 2 unspecified atom stereocenters. The van der Waals surface area contributed by atoms with Crippen molar-refractivity contribution in [1.82, 2.24) is 9.97 Å². The number of ether oxygens (including phenoxy) is 1. The molecule has 2 aromatic rings. The number of benzene rings is 1. The largest absolute Gasteiger partial charge is 0.378 e. The summed E-state index contributed by atoms with van der Waals surface area (Å²) in [5.74, 6) is 0.815. The van der Waals surface area contributed by atoms with Crippen LogP contribution in [0.4, 0.5) is 5.82 Å². The predicted octanol–water partition coefficient (Wildman–Crippen LogP) is 3.26. The van der Waals surface area contributed by atoms with Crippen molar-refractivity contribution < 1.29 is 4.74 Å². The highest BCUT2D eigenvalue weighted by molar-refractivity contribution is 6.28. The summed E-state index contributed by atoms with van der Waals surface area (Å²) in [5.41, 5.74) is 0.866. The van der Waals surface area contributed by atoms with Gasteiger partial charge in [-0.1, -0.05) is 12.1 Å². The first kappa shape index (κ1) is 12.6. The summed E-state index contributed by atoms with van der Waals surface area (Å²) >= 11 is 5.98. The van der Waals surface area contributed by atoms with Crippen LogP contribution in [0.3, 0.4) is 0 Å². The number of anilines is 1. The molecule has 4 nitrogen and oxygen atoms in total. The number of nitrogens with zero attached hydrogens (tertiary/aromatic N) is 2. The first-order valence-corrected chi connectivity index (χ1v) is 6.90. The van der Waals surface area contributed by atoms with E-state index in [9.17, 15) is 0 Å². The van der Waals surface area contributed by atoms with Gasteiger partial charge in [-0.25, -0.2) is 9.97 Å². The van der Waals surface area contributed by atoms with Gasteiger partial charge in [-0.2, -0.15) is 0 Å². The number of fused-ring (bicyclic) bond motifs is 1. The fraction of sp³-hybridized carbons (Fsp3) is 0.429. The molecule has 2 heterocycles. The lowest BCUT2D eigenvalue weighted by Crippen LogP contribution is -2.32. The minimum Gasteiger partial charge on any atom is -0.378 e. The average Bonchev–Trinajstić information content (AvgIpc) is 2.38. The van der Waals surface area contributed by atoms with Crippen LogP contribution in [0, 0.1) is 0 Å². The fourth-order valence-corrected chi connectivity index (χ4v) is 2.66. The van der Waals surface area contributed by atoms with Gasteiger partial charge in [0, 0.05) is 18.0 Å². The van der Waals surface area contributed by atoms with Crippen LogP contribution in [0.15, 0.2) is 24.3 Å². The Hall–Kier alpha value is -1.39. The molecule has 0 radical (unpaired) electrons. The van der Waals surface area contributed by atoms with Crippen molar-refractivity contribution in [3.8, 4) is 0 Å². The van der Waals surface area contributed by atoms with E-state index < -0.39 is 0 Å². The molecular weight excluding hydrogens is 262 g/mol. The van der Waals surface area contributed by atoms with Crippen LogP contribution in [-0.2, 0) is 4.74 Å². The number of halogens is 1. The van der Waals surface area contributed by atoms with Gasteiger partial charge in [-0.15, -0.1) is 0 Å². The molecule has 1 aliphatic rings. The van der Waals surface area contributed by atoms with Crippen LogP contribution < -0.4 is 5.32 Å². The molecule has 1 aliphatic heterocycles. The monoisotopic (exact) mass is 277 g/mol. The fourth-order valence-electron chi connectivity index (χ4n) is 2.48. The van der Waals surface area contributed by atoms with Gasteiger partial charge < -0.3 is 10.1 Å². The molecule has 0 amide bonds. The maximum absolute atomic E-state index is 5.98. The molecule has 0 spiro atoms. The van der Waals surface area contributed by atoms with Crippen LogP contribution in [0.25, 0.3) is 10.9 Å². The standard InChI is InChI=1S/C14H16ClN3O/c1-9-8-10(6-7-19-9)16-13-11-4-2-3-5-12(11)17-14(15)18-13/h2-5,9-10H,6-8H2,1H3,(H,16,17,18). The smallest absolute Gasteiger partial charge is 0.224 e. The van der Waals surface area contributed by atoms with Gasteiger partial charge in [-0.3, -0.25) is 0 Å². The zero-order chi connectivity index (χ0) is 13.2. The maximum atomic E-state index is 5.98. The Bertz CT molecular complexity index is 590. The van der Waals surface area contributed by atoms with Gasteiger partial charge in [0.15, 0.2) is 0 Å². The van der Waals surface area contributed by atoms with E-state index in [2.05, 4.69) is 22.2 Å². The molecule has 19 heavy (non-hydrogen) atoms. The number of hydrogen-bond donors (Lipinski definition) is 1. The van der Waals surface area contributed by atoms with E-state index in [0.717, 1.165) is 36.2 Å². The van der Waals surface area contributed by atoms with Crippen LogP contribution in [-0.4, -0.2) is 28.7 Å². The van der Waals surface area contributed by atoms with Crippen molar-refractivity contribution in [3.05, 3.63) is 29.5 Å². The van der Waals surface area contributed by atoms with E-state index in [4.69, 9.17) is 16.3 Å². The third kappa shape index (κ3) is 2.80. The molecule has 100 valence electrons. The van der Waals surface area contributed by atoms with Gasteiger partial charge in [-0.05, 0) is 43.5 Å². The average molecular weight is 278 g/mol. The third-order valence-electron chi connectivity index (χ3n) is 3.40. The summed E-state index contributed by atoms with van der Waals surface area (Å²) in [4.78, 5) is 8.56. The summed E-state index contributed by atoms with van der Waals surface area (Å²) in [6.45, 7) is 2.88. The molecule has 5 heteroatoms. The van der Waals surface area contributed by atoms with Crippen molar-refractivity contribution in [1.29, 1.82) is 0 Å². The molecule has 1 aromatic heterocycles. The maximum Gasteiger partial charge on any atom is 0.224 e. The number of rotatable bonds is 2. The van der Waals surface area contributed by atoms with Gasteiger partial charge >= 0.3 is 0 Å². The van der Waals surface area contributed by atoms with Gasteiger partial charge in [0.25, 0.3) is 0 Å². The number of aromatic nitrogens is 2. The Morgan fingerprint density at radius 3 is 3.00 bits per heavy atom. The zero-order valence-electron chi connectivity index (χ0n) is 10.8. The van der Waals surface area contributed by atoms with Gasteiger partial charge in [0.2, 0.25) is 5.28 Å². The quantitative estimate of drug-likeness (QED) is 0.856. The van der Waals surface area contributed by atoms with Crippen LogP contribution in [0.1, 0.15) is 19.8 Å². The molecule has 0 saturated carbocycles. The summed E-state index contributed by atoms with van der Waals surface area (Å²) in [6, 6.07) is 8.26. The molecule has 2 atom stereocenters. The summed E-state index contributed by atoms with van der Waals surface area (Å²) in [5, 5.41) is 4.76. The lowest BCUT2D eigenvalue weighted by atomic mass is 10.0. The summed E-state index contributed by atoms with van der Waals surface area (Å²) in [7, 11) is 0. The minimum absolute atomic E-state index is 0.279. The number of hydrogen-bond acceptors (Lipinski definition) is 4. The molecule has 1 saturated heterocycles. The zero-order valence-corrected chi connectivity index (χ0v) is 11.5. The molecule has 1 fully saturated rings. The Balaban J connectivity index is 1.91. The normalized spacial score (nSPS) is 23.5.